The Morgan fingerprint density at radius 2 is 1.90 bits per heavy atom. The van der Waals surface area contributed by atoms with Gasteiger partial charge in [0.25, 0.3) is 0 Å². The fourth-order valence-electron chi connectivity index (χ4n) is 2.62. The van der Waals surface area contributed by atoms with Crippen molar-refractivity contribution in [3.63, 3.8) is 0 Å². The van der Waals surface area contributed by atoms with E-state index in [4.69, 9.17) is 23.2 Å². The van der Waals surface area contributed by atoms with Gasteiger partial charge in [-0.2, -0.15) is 0 Å². The van der Waals surface area contributed by atoms with Gasteiger partial charge < -0.3 is 5.32 Å². The Morgan fingerprint density at radius 3 is 2.55 bits per heavy atom. The molecule has 20 heavy (non-hydrogen) atoms. The predicted molar refractivity (Wildman–Crippen MR) is 87.1 cm³/mol. The highest BCUT2D eigenvalue weighted by atomic mass is 35.5. The number of benzene rings is 1. The van der Waals surface area contributed by atoms with Gasteiger partial charge in [-0.05, 0) is 29.1 Å². The van der Waals surface area contributed by atoms with Crippen LogP contribution in [0.2, 0.25) is 10.0 Å². The fourth-order valence-corrected chi connectivity index (χ4v) is 3.82. The zero-order valence-electron chi connectivity index (χ0n) is 11.0. The van der Waals surface area contributed by atoms with Gasteiger partial charge in [-0.25, -0.2) is 0 Å². The van der Waals surface area contributed by atoms with Crippen molar-refractivity contribution < 1.29 is 0 Å². The monoisotopic (exact) mass is 326 g/mol. The summed E-state index contributed by atoms with van der Waals surface area (Å²) in [7, 11) is 0. The first-order chi connectivity index (χ1) is 9.75. The van der Waals surface area contributed by atoms with E-state index >= 15 is 0 Å². The molecule has 0 saturated carbocycles. The van der Waals surface area contributed by atoms with Gasteiger partial charge in [0.15, 0.2) is 0 Å². The van der Waals surface area contributed by atoms with E-state index in [0.717, 1.165) is 26.2 Å². The largest absolute Gasteiger partial charge is 0.314 e. The molecule has 3 rings (SSSR count). The van der Waals surface area contributed by atoms with Gasteiger partial charge in [-0.1, -0.05) is 35.3 Å². The molecule has 1 N–H and O–H groups in total. The Balaban J connectivity index is 1.98. The van der Waals surface area contributed by atoms with Crippen LogP contribution < -0.4 is 5.32 Å². The van der Waals surface area contributed by atoms with Crippen LogP contribution in [-0.4, -0.2) is 31.1 Å². The van der Waals surface area contributed by atoms with Gasteiger partial charge in [0, 0.05) is 31.1 Å². The van der Waals surface area contributed by atoms with E-state index in [-0.39, 0.29) is 6.04 Å². The first-order valence-corrected chi connectivity index (χ1v) is 8.32. The van der Waals surface area contributed by atoms with Crippen molar-refractivity contribution in [2.45, 2.75) is 6.04 Å². The van der Waals surface area contributed by atoms with Crippen LogP contribution in [-0.2, 0) is 0 Å². The minimum atomic E-state index is 0.270. The molecule has 0 radical (unpaired) electrons. The third-order valence-corrected chi connectivity index (χ3v) is 5.25. The highest BCUT2D eigenvalue weighted by Gasteiger charge is 2.25. The number of thiophene rings is 1. The van der Waals surface area contributed by atoms with E-state index in [1.165, 1.54) is 10.4 Å². The second kappa shape index (κ2) is 6.46. The maximum Gasteiger partial charge on any atom is 0.0697 e. The van der Waals surface area contributed by atoms with Gasteiger partial charge >= 0.3 is 0 Å². The van der Waals surface area contributed by atoms with Crippen LogP contribution in [0.5, 0.6) is 0 Å². The molecule has 1 aromatic heterocycles. The van der Waals surface area contributed by atoms with E-state index in [0.29, 0.717) is 10.0 Å². The molecule has 0 amide bonds. The minimum absolute atomic E-state index is 0.270. The molecule has 1 aliphatic heterocycles. The Morgan fingerprint density at radius 1 is 1.10 bits per heavy atom. The Hall–Kier alpha value is -0.580. The minimum Gasteiger partial charge on any atom is -0.314 e. The van der Waals surface area contributed by atoms with Gasteiger partial charge in [-0.15, -0.1) is 11.3 Å². The van der Waals surface area contributed by atoms with Crippen LogP contribution in [0.3, 0.4) is 0 Å². The van der Waals surface area contributed by atoms with Crippen LogP contribution in [0.15, 0.2) is 35.7 Å². The molecule has 1 aliphatic rings. The van der Waals surface area contributed by atoms with Crippen molar-refractivity contribution in [2.75, 3.05) is 26.2 Å². The molecule has 2 nitrogen and oxygen atoms in total. The molecule has 2 heterocycles. The number of halogens is 2. The predicted octanol–water partition coefficient (Wildman–Crippen LogP) is 4.05. The number of hydrogen-bond acceptors (Lipinski definition) is 3. The summed E-state index contributed by atoms with van der Waals surface area (Å²) in [5.41, 5.74) is 1.21. The fraction of sp³-hybridized carbons (Fsp3) is 0.333. The Bertz CT molecular complexity index is 565. The first kappa shape index (κ1) is 14.4. The molecule has 1 atom stereocenters. The summed E-state index contributed by atoms with van der Waals surface area (Å²) in [4.78, 5) is 3.85. The summed E-state index contributed by atoms with van der Waals surface area (Å²) in [6, 6.07) is 10.5. The van der Waals surface area contributed by atoms with E-state index < -0.39 is 0 Å². The third-order valence-electron chi connectivity index (χ3n) is 3.59. The SMILES string of the molecule is Clc1ccc(C(c2cccs2)N2CCNCC2)cc1Cl. The van der Waals surface area contributed by atoms with E-state index in [1.807, 2.05) is 12.1 Å². The lowest BCUT2D eigenvalue weighted by molar-refractivity contribution is 0.200. The van der Waals surface area contributed by atoms with E-state index in [2.05, 4.69) is 33.8 Å². The summed E-state index contributed by atoms with van der Waals surface area (Å²) >= 11 is 14.0. The Kier molecular flexibility index (Phi) is 4.64. The average molecular weight is 327 g/mol. The zero-order valence-corrected chi connectivity index (χ0v) is 13.3. The maximum absolute atomic E-state index is 6.20. The highest BCUT2D eigenvalue weighted by molar-refractivity contribution is 7.10. The lowest BCUT2D eigenvalue weighted by atomic mass is 10.0. The molecule has 1 saturated heterocycles. The van der Waals surface area contributed by atoms with Crippen molar-refractivity contribution in [3.8, 4) is 0 Å². The van der Waals surface area contributed by atoms with Crippen LogP contribution in [0.25, 0.3) is 0 Å². The van der Waals surface area contributed by atoms with Crippen LogP contribution in [0, 0.1) is 0 Å². The van der Waals surface area contributed by atoms with E-state index in [1.54, 1.807) is 11.3 Å². The van der Waals surface area contributed by atoms with E-state index in [9.17, 15) is 0 Å². The smallest absolute Gasteiger partial charge is 0.0697 e. The molecule has 2 aromatic rings. The molecule has 1 unspecified atom stereocenters. The number of nitrogens with zero attached hydrogens (tertiary/aromatic N) is 1. The highest BCUT2D eigenvalue weighted by Crippen LogP contribution is 2.34. The molecule has 0 bridgehead atoms. The topological polar surface area (TPSA) is 15.3 Å². The second-order valence-corrected chi connectivity index (χ2v) is 6.67. The Labute approximate surface area is 133 Å². The van der Waals surface area contributed by atoms with Gasteiger partial charge in [-0.3, -0.25) is 4.90 Å². The number of hydrogen-bond donors (Lipinski definition) is 1. The normalized spacial score (nSPS) is 18.1. The van der Waals surface area contributed by atoms with Crippen LogP contribution >= 0.6 is 34.5 Å². The molecule has 0 aliphatic carbocycles. The van der Waals surface area contributed by atoms with Gasteiger partial charge in [0.1, 0.15) is 0 Å². The zero-order chi connectivity index (χ0) is 13.9. The van der Waals surface area contributed by atoms with Crippen LogP contribution in [0.1, 0.15) is 16.5 Å². The molecule has 5 heteroatoms. The lowest BCUT2D eigenvalue weighted by Crippen LogP contribution is -2.45. The standard InChI is InChI=1S/C15H16Cl2N2S/c16-12-4-3-11(10-13(12)17)15(14-2-1-9-20-14)19-7-5-18-6-8-19/h1-4,9-10,15,18H,5-8H2. The summed E-state index contributed by atoms with van der Waals surface area (Å²) in [5, 5.41) is 6.77. The molecule has 106 valence electrons. The first-order valence-electron chi connectivity index (χ1n) is 6.69. The quantitative estimate of drug-likeness (QED) is 0.915. The van der Waals surface area contributed by atoms with Crippen LogP contribution in [0.4, 0.5) is 0 Å². The van der Waals surface area contributed by atoms with Gasteiger partial charge in [0.05, 0.1) is 16.1 Å². The summed E-state index contributed by atoms with van der Waals surface area (Å²) in [6.07, 6.45) is 0. The van der Waals surface area contributed by atoms with Crippen molar-refractivity contribution in [1.82, 2.24) is 10.2 Å². The molecular formula is C15H16Cl2N2S. The molecule has 1 fully saturated rings. The van der Waals surface area contributed by atoms with Crippen molar-refractivity contribution in [2.24, 2.45) is 0 Å². The summed E-state index contributed by atoms with van der Waals surface area (Å²) in [5.74, 6) is 0. The number of piperazine rings is 1. The molecule has 1 aromatic carbocycles. The van der Waals surface area contributed by atoms with Crippen molar-refractivity contribution in [3.05, 3.63) is 56.2 Å². The third kappa shape index (κ3) is 3.02. The van der Waals surface area contributed by atoms with Crippen molar-refractivity contribution in [1.29, 1.82) is 0 Å². The van der Waals surface area contributed by atoms with Gasteiger partial charge in [0.2, 0.25) is 0 Å². The lowest BCUT2D eigenvalue weighted by Gasteiger charge is -2.34. The summed E-state index contributed by atoms with van der Waals surface area (Å²) < 4.78 is 0. The van der Waals surface area contributed by atoms with Crippen molar-refractivity contribution >= 4 is 34.5 Å². The average Bonchev–Trinajstić information content (AvgIpc) is 2.98. The number of rotatable bonds is 3. The summed E-state index contributed by atoms with van der Waals surface area (Å²) in [6.45, 7) is 4.15. The maximum atomic E-state index is 6.20. The molecule has 0 spiro atoms. The number of nitrogens with one attached hydrogen (secondary N) is 1. The second-order valence-electron chi connectivity index (χ2n) is 4.88. The molecular weight excluding hydrogens is 311 g/mol.